The maximum Gasteiger partial charge on any atom is 0.251 e. The molecule has 14 unspecified atom stereocenters. The van der Waals surface area contributed by atoms with Crippen LogP contribution in [0.15, 0.2) is 72.8 Å². The number of benzene rings is 3. The van der Waals surface area contributed by atoms with Crippen LogP contribution >= 0.6 is 0 Å². The number of nitrogens with one attached hydrogen (secondary N) is 5. The van der Waals surface area contributed by atoms with Gasteiger partial charge in [-0.05, 0) is 124 Å². The molecule has 16 N–H and O–H groups in total. The molecule has 1 saturated carbocycles. The van der Waals surface area contributed by atoms with E-state index in [2.05, 4.69) is 31.5 Å². The van der Waals surface area contributed by atoms with Crippen molar-refractivity contribution in [3.05, 3.63) is 83.9 Å². The van der Waals surface area contributed by atoms with Crippen molar-refractivity contribution < 1.29 is 84.3 Å². The molecule has 26 heteroatoms. The average Bonchev–Trinajstić information content (AvgIpc) is 3.22. The lowest BCUT2D eigenvalue weighted by molar-refractivity contribution is -0.149. The van der Waals surface area contributed by atoms with Crippen LogP contribution in [0.4, 0.5) is 0 Å². The SMILES string of the molecule is CC(O)C1NC(=O)C(NC(=O)c2ccc(-c3ccc(OCCN4CCC(CC5CCCCC5)CC4)cc3)cc2)CC(O)C(O)NC(=O)C2C(O)CCN2C(=O)C(C(O)CCN)NC(=O)C(C(O)C(O)c2ccc(O)cc2)NC(=O)C2CC(O)CN2C1=O. The van der Waals surface area contributed by atoms with Crippen LogP contribution in [0.25, 0.3) is 11.1 Å². The monoisotopic (exact) mass is 1220 g/mol. The lowest BCUT2D eigenvalue weighted by atomic mass is 9.80. The zero-order chi connectivity index (χ0) is 62.6. The van der Waals surface area contributed by atoms with Crippen LogP contribution in [-0.2, 0) is 28.8 Å². The number of phenolic OH excluding ortho intramolecular Hbond substituents is 1. The first-order chi connectivity index (χ1) is 41.6. The standard InChI is InChI=1S/C61H85N9O17/c1-33(71)48-60(85)70-32-41(73)30-44(70)56(81)66-50(53(78)52(77)38-11-15-40(72)16-12-38)58(83)65-49(45(74)19-23-62)61(86)69-26-22-46(75)51(69)59(84)67-57(82)47(76)31-43(55(80)64-48)63-54(79)39-9-7-36(8-10-39)37-13-17-42(18-14-37)87-28-27-68-24-20-35(21-25-68)29-34-5-3-2-4-6-34/h7-18,33-35,41,43-53,57,71-78,82H,2-6,19-32,62H2,1H3,(H,63,79)(H,64,80)(H,65,83)(H,66,81)(H,67,84). The third kappa shape index (κ3) is 16.9. The number of hydrogen-bond donors (Lipinski definition) is 15. The summed E-state index contributed by atoms with van der Waals surface area (Å²) in [6.45, 7) is 3.40. The summed E-state index contributed by atoms with van der Waals surface area (Å²) < 4.78 is 6.11. The average molecular weight is 1220 g/mol. The smallest absolute Gasteiger partial charge is 0.251 e. The molecule has 0 aromatic heterocycles. The minimum Gasteiger partial charge on any atom is -0.508 e. The summed E-state index contributed by atoms with van der Waals surface area (Å²) in [7, 11) is 0. The Morgan fingerprint density at radius 2 is 1.28 bits per heavy atom. The van der Waals surface area contributed by atoms with E-state index in [4.69, 9.17) is 10.5 Å². The van der Waals surface area contributed by atoms with Crippen LogP contribution < -0.4 is 37.1 Å². The molecule has 3 aromatic carbocycles. The van der Waals surface area contributed by atoms with Gasteiger partial charge >= 0.3 is 0 Å². The Kier molecular flexibility index (Phi) is 23.1. The third-order valence-corrected chi connectivity index (χ3v) is 17.6. The van der Waals surface area contributed by atoms with Crippen LogP contribution in [0.2, 0.25) is 0 Å². The Hall–Kier alpha value is -6.85. The molecule has 1 aliphatic carbocycles. The zero-order valence-corrected chi connectivity index (χ0v) is 48.8. The number of ether oxygens (including phenoxy) is 1. The topological polar surface area (TPSA) is 407 Å². The van der Waals surface area contributed by atoms with E-state index in [-0.39, 0.29) is 42.8 Å². The number of aliphatic hydroxyl groups excluding tert-OH is 8. The van der Waals surface area contributed by atoms with Gasteiger partial charge in [0.1, 0.15) is 72.7 Å². The highest BCUT2D eigenvalue weighted by atomic mass is 16.5. The number of phenols is 1. The quantitative estimate of drug-likeness (QED) is 0.0736. The molecular formula is C61H85N9O17. The number of carbonyl (C=O) groups is 7. The van der Waals surface area contributed by atoms with Gasteiger partial charge in [-0.3, -0.25) is 38.5 Å². The third-order valence-electron chi connectivity index (χ3n) is 17.6. The fourth-order valence-corrected chi connectivity index (χ4v) is 12.5. The van der Waals surface area contributed by atoms with Crippen molar-refractivity contribution in [2.45, 2.75) is 169 Å². The highest BCUT2D eigenvalue weighted by Gasteiger charge is 2.49. The first-order valence-corrected chi connectivity index (χ1v) is 30.2. The number of piperidine rings is 1. The van der Waals surface area contributed by atoms with Crippen molar-refractivity contribution in [3.63, 3.8) is 0 Å². The van der Waals surface area contributed by atoms with Gasteiger partial charge in [-0.1, -0.05) is 68.5 Å². The second kappa shape index (κ2) is 30.4. The van der Waals surface area contributed by atoms with E-state index < -0.39 is 146 Å². The number of nitrogens with zero attached hydrogens (tertiary/aromatic N) is 3. The molecule has 87 heavy (non-hydrogen) atoms. The number of likely N-dealkylation sites (tertiary alicyclic amines) is 1. The van der Waals surface area contributed by atoms with Crippen molar-refractivity contribution in [1.29, 1.82) is 0 Å². The van der Waals surface area contributed by atoms with Crippen molar-refractivity contribution >= 4 is 41.4 Å². The molecule has 4 saturated heterocycles. The van der Waals surface area contributed by atoms with Crippen LogP contribution in [0.1, 0.15) is 106 Å². The highest BCUT2D eigenvalue weighted by Crippen LogP contribution is 2.34. The largest absolute Gasteiger partial charge is 0.508 e. The molecule has 7 amide bonds. The minimum atomic E-state index is -2.31. The summed E-state index contributed by atoms with van der Waals surface area (Å²) >= 11 is 0. The Bertz CT molecular complexity index is 2820. The summed E-state index contributed by atoms with van der Waals surface area (Å²) in [4.78, 5) is 104. The van der Waals surface area contributed by atoms with Gasteiger partial charge in [0.25, 0.3) is 5.91 Å². The van der Waals surface area contributed by atoms with Crippen LogP contribution in [-0.4, -0.2) is 227 Å². The van der Waals surface area contributed by atoms with Crippen molar-refractivity contribution in [2.75, 3.05) is 45.9 Å². The van der Waals surface area contributed by atoms with E-state index in [9.17, 15) is 79.5 Å². The molecule has 4 heterocycles. The normalized spacial score (nSPS) is 28.6. The Balaban J connectivity index is 1.01. The van der Waals surface area contributed by atoms with Crippen molar-refractivity contribution in [3.8, 4) is 22.6 Å². The second-order valence-electron chi connectivity index (χ2n) is 23.9. The van der Waals surface area contributed by atoms with Gasteiger partial charge in [0.2, 0.25) is 35.4 Å². The van der Waals surface area contributed by atoms with Gasteiger partial charge in [-0.25, -0.2) is 0 Å². The lowest BCUT2D eigenvalue weighted by Gasteiger charge is -2.34. The lowest BCUT2D eigenvalue weighted by Crippen LogP contribution is -2.64. The van der Waals surface area contributed by atoms with E-state index >= 15 is 0 Å². The summed E-state index contributed by atoms with van der Waals surface area (Å²) in [6.07, 6.45) is -6.81. The zero-order valence-electron chi connectivity index (χ0n) is 48.8. The molecule has 5 fully saturated rings. The Morgan fingerprint density at radius 3 is 1.92 bits per heavy atom. The van der Waals surface area contributed by atoms with Gasteiger partial charge in [0, 0.05) is 38.0 Å². The predicted molar refractivity (Wildman–Crippen MR) is 312 cm³/mol. The fourth-order valence-electron chi connectivity index (χ4n) is 12.5. The van der Waals surface area contributed by atoms with E-state index in [0.717, 1.165) is 65.9 Å². The number of fused-ring (bicyclic) bond motifs is 2. The molecule has 8 rings (SSSR count). The first-order valence-electron chi connectivity index (χ1n) is 30.2. The van der Waals surface area contributed by atoms with Crippen LogP contribution in [0.5, 0.6) is 11.5 Å². The first kappa shape index (κ1) is 66.1. The van der Waals surface area contributed by atoms with Gasteiger partial charge in [-0.2, -0.15) is 0 Å². The summed E-state index contributed by atoms with van der Waals surface area (Å²) in [6, 6.07) is 6.66. The number of amides is 7. The van der Waals surface area contributed by atoms with Crippen LogP contribution in [0, 0.1) is 11.8 Å². The van der Waals surface area contributed by atoms with E-state index in [1.807, 2.05) is 24.3 Å². The molecule has 0 spiro atoms. The fraction of sp³-hybridized carbons (Fsp3) is 0.590. The number of rotatable bonds is 16. The Labute approximate surface area is 504 Å². The van der Waals surface area contributed by atoms with Crippen molar-refractivity contribution in [1.82, 2.24) is 41.3 Å². The molecule has 5 aliphatic rings. The van der Waals surface area contributed by atoms with Crippen molar-refractivity contribution in [2.24, 2.45) is 17.6 Å². The number of aliphatic hydroxyl groups is 8. The molecule has 14 atom stereocenters. The predicted octanol–water partition coefficient (Wildman–Crippen LogP) is -2.02. The maximum absolute atomic E-state index is 14.5. The molecule has 3 aromatic rings. The van der Waals surface area contributed by atoms with E-state index in [0.29, 0.717) is 17.9 Å². The molecular weight excluding hydrogens is 1130 g/mol. The number of hydrogen-bond acceptors (Lipinski definition) is 19. The molecule has 0 radical (unpaired) electrons. The van der Waals surface area contributed by atoms with E-state index in [1.165, 1.54) is 75.6 Å². The second-order valence-corrected chi connectivity index (χ2v) is 23.9. The number of aromatic hydroxyl groups is 1. The van der Waals surface area contributed by atoms with Crippen LogP contribution in [0.3, 0.4) is 0 Å². The van der Waals surface area contributed by atoms with E-state index in [1.54, 1.807) is 12.1 Å². The Morgan fingerprint density at radius 1 is 0.667 bits per heavy atom. The summed E-state index contributed by atoms with van der Waals surface area (Å²) in [5, 5.41) is 112. The molecule has 476 valence electrons. The van der Waals surface area contributed by atoms with Gasteiger partial charge < -0.3 is 92.8 Å². The number of carbonyl (C=O) groups excluding carboxylic acids is 7. The van der Waals surface area contributed by atoms with Gasteiger partial charge in [0.05, 0.1) is 24.4 Å². The minimum absolute atomic E-state index is 0.0140. The highest BCUT2D eigenvalue weighted by molar-refractivity contribution is 6.00. The number of nitrogens with two attached hydrogens (primary N) is 1. The molecule has 26 nitrogen and oxygen atoms in total. The van der Waals surface area contributed by atoms with Gasteiger partial charge in [0.15, 0.2) is 6.23 Å². The summed E-state index contributed by atoms with van der Waals surface area (Å²) in [5.41, 5.74) is 7.18. The maximum atomic E-state index is 14.5. The molecule has 4 aliphatic heterocycles. The van der Waals surface area contributed by atoms with Gasteiger partial charge in [-0.15, -0.1) is 0 Å². The summed E-state index contributed by atoms with van der Waals surface area (Å²) in [5.74, 6) is -6.26. The molecule has 0 bridgehead atoms.